The van der Waals surface area contributed by atoms with E-state index < -0.39 is 18.5 Å². The van der Waals surface area contributed by atoms with Crippen molar-refractivity contribution in [1.29, 1.82) is 5.26 Å². The third-order valence-electron chi connectivity index (χ3n) is 6.38. The highest BCUT2D eigenvalue weighted by Crippen LogP contribution is 2.33. The minimum atomic E-state index is -2.86. The summed E-state index contributed by atoms with van der Waals surface area (Å²) in [7, 11) is 3.31. The minimum absolute atomic E-state index is 0.0434. The van der Waals surface area contributed by atoms with Gasteiger partial charge < -0.3 is 9.80 Å². The Labute approximate surface area is 212 Å². The zero-order valence-electron chi connectivity index (χ0n) is 20.4. The Bertz CT molecular complexity index is 1270. The number of piperazine rings is 1. The molecule has 2 fully saturated rings. The number of carbonyl (C=O) groups excluding carboxylic acids is 3. The molecular weight excluding hydrogens is 486 g/mol. The second-order valence-corrected chi connectivity index (χ2v) is 9.10. The summed E-state index contributed by atoms with van der Waals surface area (Å²) < 4.78 is 27.4. The molecule has 4 heterocycles. The lowest BCUT2D eigenvalue weighted by molar-refractivity contribution is -0.136. The lowest BCUT2D eigenvalue weighted by Gasteiger charge is -2.32. The van der Waals surface area contributed by atoms with Gasteiger partial charge in [0.25, 0.3) is 5.92 Å². The molecule has 13 heteroatoms. The molecule has 2 saturated heterocycles. The Morgan fingerprint density at radius 1 is 1.32 bits per heavy atom. The molecule has 2 aromatic rings. The summed E-state index contributed by atoms with van der Waals surface area (Å²) in [4.78, 5) is 51.3. The van der Waals surface area contributed by atoms with E-state index >= 15 is 0 Å². The molecule has 0 atom stereocenters. The topological polar surface area (TPSA) is 126 Å². The summed E-state index contributed by atoms with van der Waals surface area (Å²) >= 11 is 0. The fourth-order valence-electron chi connectivity index (χ4n) is 4.21. The van der Waals surface area contributed by atoms with E-state index in [0.717, 1.165) is 6.54 Å². The summed E-state index contributed by atoms with van der Waals surface area (Å²) in [5.74, 6) is -2.65. The number of hydrogen-bond acceptors (Lipinski definition) is 8. The Morgan fingerprint density at radius 3 is 2.76 bits per heavy atom. The van der Waals surface area contributed by atoms with Crippen LogP contribution in [-0.2, 0) is 11.3 Å². The number of aldehydes is 1. The van der Waals surface area contributed by atoms with E-state index in [4.69, 9.17) is 0 Å². The first-order valence-electron chi connectivity index (χ1n) is 11.6. The maximum atomic E-state index is 13.7. The van der Waals surface area contributed by atoms with Crippen molar-refractivity contribution in [2.45, 2.75) is 18.9 Å². The zero-order chi connectivity index (χ0) is 26.7. The molecule has 2 aliphatic heterocycles. The van der Waals surface area contributed by atoms with Crippen molar-refractivity contribution in [3.05, 3.63) is 41.2 Å². The molecule has 0 unspecified atom stereocenters. The first-order valence-corrected chi connectivity index (χ1v) is 11.6. The standard InChI is InChI=1S/C24H26F2N8O3/c1-31-7-8-33(22(36)13-31)12-16-3-4-21(29-18(16)14-35)32(2)23(37)30-20-9-19(17(10-27)11-28-20)34-6-5-24(25,26)15-34/h3-4,9,11,14H,5-8,12-13,15H2,1-2H3,(H,28,30,37). The number of likely N-dealkylation sites (N-methyl/N-ethyl adjacent to an activating group) is 1. The van der Waals surface area contributed by atoms with Gasteiger partial charge in [-0.25, -0.2) is 23.5 Å². The molecule has 194 valence electrons. The number of rotatable bonds is 6. The molecule has 11 nitrogen and oxygen atoms in total. The summed E-state index contributed by atoms with van der Waals surface area (Å²) in [6, 6.07) is 5.89. The Morgan fingerprint density at radius 2 is 2.11 bits per heavy atom. The number of nitrogens with one attached hydrogen (secondary N) is 1. The highest BCUT2D eigenvalue weighted by atomic mass is 19.3. The van der Waals surface area contributed by atoms with E-state index in [-0.39, 0.29) is 54.0 Å². The third-order valence-corrected chi connectivity index (χ3v) is 6.38. The average molecular weight is 513 g/mol. The highest BCUT2D eigenvalue weighted by molar-refractivity contribution is 6.00. The van der Waals surface area contributed by atoms with Gasteiger partial charge in [-0.1, -0.05) is 6.07 Å². The van der Waals surface area contributed by atoms with Crippen LogP contribution in [0.5, 0.6) is 0 Å². The largest absolute Gasteiger partial charge is 0.364 e. The van der Waals surface area contributed by atoms with Gasteiger partial charge in [-0.2, -0.15) is 5.26 Å². The molecule has 4 rings (SSSR count). The number of nitrogens with zero attached hydrogens (tertiary/aromatic N) is 7. The van der Waals surface area contributed by atoms with Crippen LogP contribution in [0.3, 0.4) is 0 Å². The maximum absolute atomic E-state index is 13.7. The lowest BCUT2D eigenvalue weighted by Crippen LogP contribution is -2.48. The van der Waals surface area contributed by atoms with Crippen LogP contribution in [0.1, 0.15) is 28.0 Å². The molecule has 2 aliphatic rings. The molecule has 37 heavy (non-hydrogen) atoms. The van der Waals surface area contributed by atoms with Gasteiger partial charge >= 0.3 is 6.03 Å². The van der Waals surface area contributed by atoms with E-state index in [1.807, 2.05) is 18.0 Å². The number of alkyl halides is 2. The summed E-state index contributed by atoms with van der Waals surface area (Å²) in [6.07, 6.45) is 1.47. The van der Waals surface area contributed by atoms with E-state index in [1.165, 1.54) is 29.1 Å². The lowest BCUT2D eigenvalue weighted by atomic mass is 10.1. The number of carbonyl (C=O) groups is 3. The van der Waals surface area contributed by atoms with Crippen molar-refractivity contribution in [3.8, 4) is 6.07 Å². The molecule has 0 aromatic carbocycles. The predicted molar refractivity (Wildman–Crippen MR) is 131 cm³/mol. The van der Waals surface area contributed by atoms with Gasteiger partial charge in [0.05, 0.1) is 24.3 Å². The number of halogens is 2. The smallest absolute Gasteiger partial charge is 0.328 e. The quantitative estimate of drug-likeness (QED) is 0.582. The molecule has 0 radical (unpaired) electrons. The monoisotopic (exact) mass is 512 g/mol. The van der Waals surface area contributed by atoms with Crippen molar-refractivity contribution in [2.75, 3.05) is 61.9 Å². The van der Waals surface area contributed by atoms with Crippen molar-refractivity contribution in [2.24, 2.45) is 0 Å². The van der Waals surface area contributed by atoms with Gasteiger partial charge in [-0.15, -0.1) is 0 Å². The normalized spacial score (nSPS) is 17.4. The van der Waals surface area contributed by atoms with Crippen LogP contribution in [0.25, 0.3) is 0 Å². The van der Waals surface area contributed by atoms with Crippen LogP contribution in [-0.4, -0.2) is 90.7 Å². The first kappa shape index (κ1) is 25.9. The van der Waals surface area contributed by atoms with Crippen LogP contribution in [0.15, 0.2) is 24.4 Å². The minimum Gasteiger partial charge on any atom is -0.364 e. The van der Waals surface area contributed by atoms with Gasteiger partial charge in [0, 0.05) is 57.5 Å². The fourth-order valence-corrected chi connectivity index (χ4v) is 4.21. The molecular formula is C24H26F2N8O3. The van der Waals surface area contributed by atoms with Crippen LogP contribution in [0, 0.1) is 11.3 Å². The van der Waals surface area contributed by atoms with Crippen molar-refractivity contribution < 1.29 is 23.2 Å². The fraction of sp³-hybridized carbons (Fsp3) is 0.417. The number of anilines is 3. The third kappa shape index (κ3) is 5.80. The SMILES string of the molecule is CN1CCN(Cc2ccc(N(C)C(=O)Nc3cc(N4CCC(F)(F)C4)c(C#N)cn3)nc2C=O)C(=O)C1. The highest BCUT2D eigenvalue weighted by Gasteiger charge is 2.39. The molecule has 2 aromatic heterocycles. The number of amides is 3. The number of hydrogen-bond donors (Lipinski definition) is 1. The van der Waals surface area contributed by atoms with Crippen molar-refractivity contribution in [3.63, 3.8) is 0 Å². The molecule has 0 saturated carbocycles. The average Bonchev–Trinajstić information content (AvgIpc) is 3.24. The van der Waals surface area contributed by atoms with Crippen LogP contribution < -0.4 is 15.1 Å². The zero-order valence-corrected chi connectivity index (χ0v) is 20.4. The Balaban J connectivity index is 1.47. The number of pyridine rings is 2. The van der Waals surface area contributed by atoms with Crippen LogP contribution >= 0.6 is 0 Å². The van der Waals surface area contributed by atoms with E-state index in [1.54, 1.807) is 17.0 Å². The van der Waals surface area contributed by atoms with Gasteiger partial charge in [-0.3, -0.25) is 24.7 Å². The van der Waals surface area contributed by atoms with Crippen LogP contribution in [0.2, 0.25) is 0 Å². The van der Waals surface area contributed by atoms with E-state index in [2.05, 4.69) is 15.3 Å². The molecule has 0 aliphatic carbocycles. The van der Waals surface area contributed by atoms with Crippen LogP contribution in [0.4, 0.5) is 30.9 Å². The predicted octanol–water partition coefficient (Wildman–Crippen LogP) is 1.95. The van der Waals surface area contributed by atoms with Gasteiger partial charge in [0.2, 0.25) is 5.91 Å². The van der Waals surface area contributed by atoms with Gasteiger partial charge in [-0.05, 0) is 13.1 Å². The molecule has 0 bridgehead atoms. The second-order valence-electron chi connectivity index (χ2n) is 9.10. The Kier molecular flexibility index (Phi) is 7.30. The Hall–Kier alpha value is -4.18. The van der Waals surface area contributed by atoms with Crippen molar-refractivity contribution in [1.82, 2.24) is 19.8 Å². The first-order chi connectivity index (χ1) is 17.6. The number of aromatic nitrogens is 2. The summed E-state index contributed by atoms with van der Waals surface area (Å²) in [5.41, 5.74) is 1.05. The van der Waals surface area contributed by atoms with Gasteiger partial charge in [0.15, 0.2) is 6.29 Å². The number of nitriles is 1. The molecule has 1 N–H and O–H groups in total. The van der Waals surface area contributed by atoms with Gasteiger partial charge in [0.1, 0.15) is 23.4 Å². The molecule has 3 amide bonds. The summed E-state index contributed by atoms with van der Waals surface area (Å²) in [5, 5.41) is 11.9. The maximum Gasteiger partial charge on any atom is 0.328 e. The second kappa shape index (κ2) is 10.4. The van der Waals surface area contributed by atoms with E-state index in [9.17, 15) is 28.4 Å². The van der Waals surface area contributed by atoms with E-state index in [0.29, 0.717) is 24.9 Å². The molecule has 0 spiro atoms. The summed E-state index contributed by atoms with van der Waals surface area (Å²) in [6.45, 7) is 1.34. The van der Waals surface area contributed by atoms with Crippen molar-refractivity contribution >= 4 is 35.5 Å². The number of urea groups is 1.